The van der Waals surface area contributed by atoms with Crippen molar-refractivity contribution in [3.05, 3.63) is 65.2 Å². The molecule has 4 nitrogen and oxygen atoms in total. The quantitative estimate of drug-likeness (QED) is 0.615. The van der Waals surface area contributed by atoms with Crippen molar-refractivity contribution in [3.8, 4) is 0 Å². The zero-order valence-electron chi connectivity index (χ0n) is 12.3. The maximum Gasteiger partial charge on any atom is 0.316 e. The fourth-order valence-corrected chi connectivity index (χ4v) is 2.65. The lowest BCUT2D eigenvalue weighted by molar-refractivity contribution is -0.145. The molecule has 120 valence electrons. The van der Waals surface area contributed by atoms with Crippen LogP contribution in [0.1, 0.15) is 5.56 Å². The summed E-state index contributed by atoms with van der Waals surface area (Å²) < 4.78 is 4.94. The zero-order valence-corrected chi connectivity index (χ0v) is 13.9. The van der Waals surface area contributed by atoms with Gasteiger partial charge in [0.2, 0.25) is 0 Å². The van der Waals surface area contributed by atoms with Crippen LogP contribution in [0.3, 0.4) is 0 Å². The summed E-state index contributed by atoms with van der Waals surface area (Å²) in [5, 5.41) is 3.25. The number of hydrogen-bond acceptors (Lipinski definition) is 4. The average molecular weight is 350 g/mol. The molecule has 0 saturated carbocycles. The lowest BCUT2D eigenvalue weighted by atomic mass is 10.2. The number of nitrogens with one attached hydrogen (secondary N) is 1. The highest BCUT2D eigenvalue weighted by atomic mass is 35.5. The van der Waals surface area contributed by atoms with Crippen LogP contribution in [0.15, 0.2) is 59.5 Å². The number of esters is 1. The molecule has 0 aliphatic carbocycles. The Balaban J connectivity index is 1.66. The van der Waals surface area contributed by atoms with Crippen LogP contribution < -0.4 is 5.32 Å². The Labute approximate surface area is 144 Å². The summed E-state index contributed by atoms with van der Waals surface area (Å²) in [6.45, 7) is 0.00740. The van der Waals surface area contributed by atoms with E-state index in [0.717, 1.165) is 10.5 Å². The Kier molecular flexibility index (Phi) is 6.97. The molecule has 0 unspecified atom stereocenters. The first kappa shape index (κ1) is 17.4. The molecular weight excluding hydrogens is 334 g/mol. The number of carbonyl (C=O) groups excluding carboxylic acids is 2. The van der Waals surface area contributed by atoms with Crippen molar-refractivity contribution >= 4 is 35.2 Å². The molecule has 2 aromatic carbocycles. The van der Waals surface area contributed by atoms with E-state index in [1.807, 2.05) is 48.5 Å². The molecule has 1 N–H and O–H groups in total. The minimum atomic E-state index is -0.424. The van der Waals surface area contributed by atoms with E-state index in [4.69, 9.17) is 16.3 Å². The molecule has 0 saturated heterocycles. The average Bonchev–Trinajstić information content (AvgIpc) is 2.58. The van der Waals surface area contributed by atoms with Gasteiger partial charge in [-0.05, 0) is 23.8 Å². The summed E-state index contributed by atoms with van der Waals surface area (Å²) in [6, 6.07) is 16.8. The molecule has 0 aliphatic heterocycles. The summed E-state index contributed by atoms with van der Waals surface area (Å²) in [7, 11) is 0. The highest BCUT2D eigenvalue weighted by molar-refractivity contribution is 8.00. The van der Waals surface area contributed by atoms with Gasteiger partial charge in [-0.1, -0.05) is 48.0 Å². The third kappa shape index (κ3) is 6.34. The topological polar surface area (TPSA) is 55.4 Å². The first-order chi connectivity index (χ1) is 11.1. The maximum absolute atomic E-state index is 11.7. The van der Waals surface area contributed by atoms with Crippen molar-refractivity contribution in [2.75, 3.05) is 12.4 Å². The van der Waals surface area contributed by atoms with E-state index >= 15 is 0 Å². The Hall–Kier alpha value is -1.98. The van der Waals surface area contributed by atoms with Crippen LogP contribution >= 0.6 is 23.4 Å². The Morgan fingerprint density at radius 1 is 1.04 bits per heavy atom. The van der Waals surface area contributed by atoms with Crippen molar-refractivity contribution in [2.45, 2.75) is 11.4 Å². The van der Waals surface area contributed by atoms with Gasteiger partial charge >= 0.3 is 5.97 Å². The molecule has 0 aliphatic rings. The molecule has 2 rings (SSSR count). The number of benzene rings is 2. The molecule has 1 amide bonds. The fraction of sp³-hybridized carbons (Fsp3) is 0.176. The van der Waals surface area contributed by atoms with Crippen LogP contribution in [0.5, 0.6) is 0 Å². The summed E-state index contributed by atoms with van der Waals surface area (Å²) >= 11 is 7.36. The van der Waals surface area contributed by atoms with Crippen LogP contribution in [0, 0.1) is 0 Å². The van der Waals surface area contributed by atoms with Gasteiger partial charge in [0.1, 0.15) is 0 Å². The SMILES string of the molecule is O=C(COC(=O)CSc1ccccc1)NCc1ccccc1Cl. The molecule has 0 heterocycles. The van der Waals surface area contributed by atoms with Gasteiger partial charge in [-0.25, -0.2) is 0 Å². The fourth-order valence-electron chi connectivity index (χ4n) is 1.73. The minimum Gasteiger partial charge on any atom is -0.455 e. The highest BCUT2D eigenvalue weighted by Crippen LogP contribution is 2.17. The lowest BCUT2D eigenvalue weighted by Gasteiger charge is -2.07. The smallest absolute Gasteiger partial charge is 0.316 e. The van der Waals surface area contributed by atoms with Gasteiger partial charge in [0, 0.05) is 16.5 Å². The molecule has 0 atom stereocenters. The third-order valence-electron chi connectivity index (χ3n) is 2.90. The first-order valence-electron chi connectivity index (χ1n) is 6.99. The van der Waals surface area contributed by atoms with E-state index in [1.54, 1.807) is 6.07 Å². The van der Waals surface area contributed by atoms with E-state index in [9.17, 15) is 9.59 Å². The van der Waals surface area contributed by atoms with Gasteiger partial charge in [0.15, 0.2) is 6.61 Å². The molecule has 0 aromatic heterocycles. The number of thioether (sulfide) groups is 1. The van der Waals surface area contributed by atoms with Crippen LogP contribution in [-0.2, 0) is 20.9 Å². The predicted molar refractivity (Wildman–Crippen MR) is 91.4 cm³/mol. The van der Waals surface area contributed by atoms with Crippen molar-refractivity contribution in [3.63, 3.8) is 0 Å². The predicted octanol–water partition coefficient (Wildman–Crippen LogP) is 3.29. The van der Waals surface area contributed by atoms with Gasteiger partial charge in [-0.15, -0.1) is 11.8 Å². The second kappa shape index (κ2) is 9.22. The Morgan fingerprint density at radius 3 is 2.48 bits per heavy atom. The molecule has 0 spiro atoms. The summed E-state index contributed by atoms with van der Waals surface area (Å²) in [5.41, 5.74) is 0.813. The van der Waals surface area contributed by atoms with Crippen LogP contribution in [0.2, 0.25) is 5.02 Å². The summed E-state index contributed by atoms with van der Waals surface area (Å²) in [4.78, 5) is 24.3. The van der Waals surface area contributed by atoms with E-state index in [1.165, 1.54) is 11.8 Å². The van der Waals surface area contributed by atoms with Crippen molar-refractivity contribution in [1.29, 1.82) is 0 Å². The molecule has 0 fully saturated rings. The van der Waals surface area contributed by atoms with Crippen LogP contribution in [0.25, 0.3) is 0 Å². The van der Waals surface area contributed by atoms with E-state index in [-0.39, 0.29) is 18.3 Å². The van der Waals surface area contributed by atoms with Gasteiger partial charge in [0.05, 0.1) is 5.75 Å². The van der Waals surface area contributed by atoms with E-state index in [0.29, 0.717) is 11.6 Å². The maximum atomic E-state index is 11.7. The standard InChI is InChI=1S/C17H16ClNO3S/c18-15-9-5-4-6-13(15)10-19-16(20)11-22-17(21)12-23-14-7-2-1-3-8-14/h1-9H,10-12H2,(H,19,20). The number of hydrogen-bond donors (Lipinski definition) is 1. The van der Waals surface area contributed by atoms with Crippen molar-refractivity contribution < 1.29 is 14.3 Å². The Bertz CT molecular complexity index is 664. The van der Waals surface area contributed by atoms with Gasteiger partial charge in [-0.3, -0.25) is 9.59 Å². The molecule has 2 aromatic rings. The minimum absolute atomic E-state index is 0.168. The zero-order chi connectivity index (χ0) is 16.5. The van der Waals surface area contributed by atoms with Gasteiger partial charge in [0.25, 0.3) is 5.91 Å². The van der Waals surface area contributed by atoms with Crippen LogP contribution in [0.4, 0.5) is 0 Å². The molecule has 0 radical (unpaired) electrons. The number of ether oxygens (including phenoxy) is 1. The molecule has 23 heavy (non-hydrogen) atoms. The summed E-state index contributed by atoms with van der Waals surface area (Å²) in [5.74, 6) is -0.614. The van der Waals surface area contributed by atoms with Gasteiger partial charge < -0.3 is 10.1 Å². The van der Waals surface area contributed by atoms with Crippen molar-refractivity contribution in [1.82, 2.24) is 5.32 Å². The number of carbonyl (C=O) groups is 2. The van der Waals surface area contributed by atoms with Crippen molar-refractivity contribution in [2.24, 2.45) is 0 Å². The molecular formula is C17H16ClNO3S. The van der Waals surface area contributed by atoms with Gasteiger partial charge in [-0.2, -0.15) is 0 Å². The second-order valence-corrected chi connectivity index (χ2v) is 6.09. The summed E-state index contributed by atoms with van der Waals surface area (Å²) in [6.07, 6.45) is 0. The second-order valence-electron chi connectivity index (χ2n) is 4.63. The number of rotatable bonds is 7. The largest absolute Gasteiger partial charge is 0.455 e. The number of halogens is 1. The first-order valence-corrected chi connectivity index (χ1v) is 8.35. The van der Waals surface area contributed by atoms with Crippen LogP contribution in [-0.4, -0.2) is 24.2 Å². The normalized spacial score (nSPS) is 10.1. The molecule has 0 bridgehead atoms. The third-order valence-corrected chi connectivity index (χ3v) is 4.25. The van der Waals surface area contributed by atoms with E-state index < -0.39 is 5.97 Å². The lowest BCUT2D eigenvalue weighted by Crippen LogP contribution is -2.28. The monoisotopic (exact) mass is 349 g/mol. The molecule has 6 heteroatoms. The Morgan fingerprint density at radius 2 is 1.74 bits per heavy atom. The highest BCUT2D eigenvalue weighted by Gasteiger charge is 2.08. The number of amides is 1. The van der Waals surface area contributed by atoms with E-state index in [2.05, 4.69) is 5.32 Å².